The zero-order chi connectivity index (χ0) is 15.9. The van der Waals surface area contributed by atoms with Crippen LogP contribution >= 0.6 is 0 Å². The highest BCUT2D eigenvalue weighted by Gasteiger charge is 2.23. The first kappa shape index (κ1) is 17.7. The first-order chi connectivity index (χ1) is 9.78. The van der Waals surface area contributed by atoms with E-state index in [0.29, 0.717) is 12.8 Å². The second kappa shape index (κ2) is 8.19. The molecule has 0 aromatic rings. The third kappa shape index (κ3) is 7.87. The third-order valence-electron chi connectivity index (χ3n) is 3.06. The summed E-state index contributed by atoms with van der Waals surface area (Å²) in [6, 6.07) is -0.916. The van der Waals surface area contributed by atoms with Gasteiger partial charge < -0.3 is 19.9 Å². The van der Waals surface area contributed by atoms with Crippen LogP contribution in [0, 0.1) is 0 Å². The molecule has 1 heterocycles. The molecule has 0 aromatic carbocycles. The fourth-order valence-corrected chi connectivity index (χ4v) is 2.05. The van der Waals surface area contributed by atoms with Crippen molar-refractivity contribution in [2.45, 2.75) is 45.3 Å². The van der Waals surface area contributed by atoms with Gasteiger partial charge in [-0.3, -0.25) is 4.90 Å². The van der Waals surface area contributed by atoms with Crippen molar-refractivity contribution >= 4 is 12.1 Å². The van der Waals surface area contributed by atoms with Crippen LogP contribution in [0.4, 0.5) is 4.79 Å². The molecule has 0 aromatic heterocycles. The molecule has 1 rings (SSSR count). The summed E-state index contributed by atoms with van der Waals surface area (Å²) in [5.74, 6) is -1.04. The maximum absolute atomic E-state index is 11.6. The normalized spacial score (nSPS) is 18.0. The minimum atomic E-state index is -1.04. The van der Waals surface area contributed by atoms with Gasteiger partial charge in [0.2, 0.25) is 0 Å². The number of amides is 1. The fourth-order valence-electron chi connectivity index (χ4n) is 2.05. The zero-order valence-corrected chi connectivity index (χ0v) is 13.1. The zero-order valence-electron chi connectivity index (χ0n) is 13.1. The van der Waals surface area contributed by atoms with Gasteiger partial charge in [-0.15, -0.1) is 0 Å². The summed E-state index contributed by atoms with van der Waals surface area (Å²) in [4.78, 5) is 25.0. The van der Waals surface area contributed by atoms with Gasteiger partial charge in [0, 0.05) is 13.1 Å². The molecule has 1 fully saturated rings. The molecule has 1 atom stereocenters. The van der Waals surface area contributed by atoms with Gasteiger partial charge in [-0.1, -0.05) is 0 Å². The van der Waals surface area contributed by atoms with Crippen LogP contribution in [0.15, 0.2) is 0 Å². The average molecular weight is 302 g/mol. The molecular formula is C14H26N2O5. The number of carboxylic acids is 1. The van der Waals surface area contributed by atoms with Crippen molar-refractivity contribution in [3.63, 3.8) is 0 Å². The van der Waals surface area contributed by atoms with Crippen molar-refractivity contribution in [2.75, 3.05) is 32.8 Å². The molecular weight excluding hydrogens is 276 g/mol. The molecule has 0 radical (unpaired) electrons. The van der Waals surface area contributed by atoms with Crippen LogP contribution < -0.4 is 5.32 Å². The number of carboxylic acid groups (broad SMARTS) is 1. The number of rotatable bonds is 6. The van der Waals surface area contributed by atoms with E-state index in [1.54, 1.807) is 20.8 Å². The number of hydrogen-bond donors (Lipinski definition) is 2. The number of ether oxygens (including phenoxy) is 2. The molecule has 0 spiro atoms. The molecule has 1 amide bonds. The van der Waals surface area contributed by atoms with Crippen LogP contribution in [0.25, 0.3) is 0 Å². The molecule has 1 saturated heterocycles. The second-order valence-corrected chi connectivity index (χ2v) is 6.13. The van der Waals surface area contributed by atoms with Crippen molar-refractivity contribution in [1.82, 2.24) is 10.2 Å². The van der Waals surface area contributed by atoms with E-state index in [1.807, 2.05) is 0 Å². The van der Waals surface area contributed by atoms with Gasteiger partial charge in [0.1, 0.15) is 11.6 Å². The number of aliphatic carboxylic acids is 1. The van der Waals surface area contributed by atoms with Gasteiger partial charge in [-0.25, -0.2) is 9.59 Å². The Morgan fingerprint density at radius 1 is 1.33 bits per heavy atom. The van der Waals surface area contributed by atoms with Crippen LogP contribution in [0.3, 0.4) is 0 Å². The number of nitrogens with one attached hydrogen (secondary N) is 1. The lowest BCUT2D eigenvalue weighted by Crippen LogP contribution is -2.44. The first-order valence-corrected chi connectivity index (χ1v) is 7.30. The van der Waals surface area contributed by atoms with E-state index >= 15 is 0 Å². The fraction of sp³-hybridized carbons (Fsp3) is 0.857. The van der Waals surface area contributed by atoms with E-state index < -0.39 is 23.7 Å². The molecule has 0 bridgehead atoms. The summed E-state index contributed by atoms with van der Waals surface area (Å²) in [5.41, 5.74) is -0.638. The van der Waals surface area contributed by atoms with Crippen molar-refractivity contribution in [1.29, 1.82) is 0 Å². The standard InChI is InChI=1S/C14H26N2O5/c1-14(2,3)21-13(19)15-11(12(17)18)5-4-6-16-7-9-20-10-8-16/h11H,4-10H2,1-3H3,(H,15,19)(H,17,18). The molecule has 2 N–H and O–H groups in total. The Morgan fingerprint density at radius 3 is 2.48 bits per heavy atom. The van der Waals surface area contributed by atoms with Gasteiger partial charge in [-0.05, 0) is 40.2 Å². The number of nitrogens with zero attached hydrogens (tertiary/aromatic N) is 1. The number of hydrogen-bond acceptors (Lipinski definition) is 5. The second-order valence-electron chi connectivity index (χ2n) is 6.13. The van der Waals surface area contributed by atoms with E-state index in [2.05, 4.69) is 10.2 Å². The quantitative estimate of drug-likeness (QED) is 0.763. The highest BCUT2D eigenvalue weighted by Crippen LogP contribution is 2.08. The van der Waals surface area contributed by atoms with Crippen LogP contribution in [0.2, 0.25) is 0 Å². The summed E-state index contributed by atoms with van der Waals surface area (Å²) >= 11 is 0. The maximum atomic E-state index is 11.6. The van der Waals surface area contributed by atoms with Gasteiger partial charge in [0.25, 0.3) is 0 Å². The molecule has 7 nitrogen and oxygen atoms in total. The van der Waals surface area contributed by atoms with Crippen molar-refractivity contribution < 1.29 is 24.2 Å². The lowest BCUT2D eigenvalue weighted by Gasteiger charge is -2.27. The third-order valence-corrected chi connectivity index (χ3v) is 3.06. The summed E-state index contributed by atoms with van der Waals surface area (Å²) in [6.07, 6.45) is 0.389. The SMILES string of the molecule is CC(C)(C)OC(=O)NC(CCCN1CCOCC1)C(=O)O. The Kier molecular flexibility index (Phi) is 6.91. The number of carbonyl (C=O) groups is 2. The predicted octanol–water partition coefficient (Wildman–Crippen LogP) is 1.08. The van der Waals surface area contributed by atoms with Crippen molar-refractivity contribution in [3.05, 3.63) is 0 Å². The molecule has 1 aliphatic heterocycles. The maximum Gasteiger partial charge on any atom is 0.408 e. The molecule has 21 heavy (non-hydrogen) atoms. The molecule has 7 heteroatoms. The van der Waals surface area contributed by atoms with Gasteiger partial charge in [0.15, 0.2) is 0 Å². The summed E-state index contributed by atoms with van der Waals surface area (Å²) in [7, 11) is 0. The Labute approximate surface area is 125 Å². The van der Waals surface area contributed by atoms with Crippen molar-refractivity contribution in [3.8, 4) is 0 Å². The number of alkyl carbamates (subject to hydrolysis) is 1. The van der Waals surface area contributed by atoms with E-state index in [4.69, 9.17) is 14.6 Å². The Morgan fingerprint density at radius 2 is 1.95 bits per heavy atom. The molecule has 0 saturated carbocycles. The molecule has 122 valence electrons. The highest BCUT2D eigenvalue weighted by atomic mass is 16.6. The lowest BCUT2D eigenvalue weighted by molar-refractivity contribution is -0.139. The van der Waals surface area contributed by atoms with Crippen LogP contribution in [0.5, 0.6) is 0 Å². The summed E-state index contributed by atoms with van der Waals surface area (Å²) < 4.78 is 10.3. The highest BCUT2D eigenvalue weighted by molar-refractivity contribution is 5.79. The minimum Gasteiger partial charge on any atom is -0.480 e. The largest absolute Gasteiger partial charge is 0.480 e. The molecule has 1 aliphatic rings. The monoisotopic (exact) mass is 302 g/mol. The van der Waals surface area contributed by atoms with E-state index in [1.165, 1.54) is 0 Å². The average Bonchev–Trinajstić information content (AvgIpc) is 2.36. The van der Waals surface area contributed by atoms with Crippen LogP contribution in [0.1, 0.15) is 33.6 Å². The number of carbonyl (C=O) groups excluding carboxylic acids is 1. The Hall–Kier alpha value is -1.34. The first-order valence-electron chi connectivity index (χ1n) is 7.30. The predicted molar refractivity (Wildman–Crippen MR) is 77.3 cm³/mol. The minimum absolute atomic E-state index is 0.381. The van der Waals surface area contributed by atoms with E-state index in [0.717, 1.165) is 32.8 Å². The van der Waals surface area contributed by atoms with Crippen molar-refractivity contribution in [2.24, 2.45) is 0 Å². The number of morpholine rings is 1. The van der Waals surface area contributed by atoms with E-state index in [9.17, 15) is 9.59 Å². The van der Waals surface area contributed by atoms with Crippen LogP contribution in [-0.2, 0) is 14.3 Å². The topological polar surface area (TPSA) is 88.1 Å². The Balaban J connectivity index is 2.32. The molecule has 0 aliphatic carbocycles. The van der Waals surface area contributed by atoms with E-state index in [-0.39, 0.29) is 0 Å². The van der Waals surface area contributed by atoms with Gasteiger partial charge in [-0.2, -0.15) is 0 Å². The summed E-state index contributed by atoms with van der Waals surface area (Å²) in [5, 5.41) is 11.6. The molecule has 1 unspecified atom stereocenters. The van der Waals surface area contributed by atoms with Crippen LogP contribution in [-0.4, -0.2) is 66.6 Å². The summed E-state index contributed by atoms with van der Waals surface area (Å²) in [6.45, 7) is 9.21. The van der Waals surface area contributed by atoms with Gasteiger partial charge in [0.05, 0.1) is 13.2 Å². The smallest absolute Gasteiger partial charge is 0.408 e. The lowest BCUT2D eigenvalue weighted by atomic mass is 10.1. The van der Waals surface area contributed by atoms with Gasteiger partial charge >= 0.3 is 12.1 Å². The Bertz CT molecular complexity index is 348.